The number of nitrogens with zero attached hydrogens (tertiary/aromatic N) is 1. The van der Waals surface area contributed by atoms with Crippen LogP contribution in [0.15, 0.2) is 42.5 Å². The van der Waals surface area contributed by atoms with Crippen LogP contribution in [0.2, 0.25) is 0 Å². The van der Waals surface area contributed by atoms with Crippen molar-refractivity contribution < 1.29 is 4.79 Å². The second-order valence-electron chi connectivity index (χ2n) is 5.80. The van der Waals surface area contributed by atoms with E-state index < -0.39 is 0 Å². The van der Waals surface area contributed by atoms with E-state index in [2.05, 4.69) is 17.2 Å². The number of aromatic nitrogens is 1. The molecule has 23 heavy (non-hydrogen) atoms. The van der Waals surface area contributed by atoms with Crippen molar-refractivity contribution in [2.75, 3.05) is 19.6 Å². The third-order valence-corrected chi connectivity index (χ3v) is 4.20. The standard InChI is InChI=1S/C18H23N3O.ClH/c1-2-12-21(15-10-11-19-13-15)18(22)17-9-8-16(20-17)14-6-4-3-5-7-14;/h3-9,15,19-20H,2,10-13H2,1H3;1H. The van der Waals surface area contributed by atoms with Crippen molar-refractivity contribution in [3.63, 3.8) is 0 Å². The van der Waals surface area contributed by atoms with Gasteiger partial charge in [-0.2, -0.15) is 0 Å². The third kappa shape index (κ3) is 3.95. The number of hydrogen-bond acceptors (Lipinski definition) is 2. The van der Waals surface area contributed by atoms with Crippen LogP contribution in [0.25, 0.3) is 11.3 Å². The minimum Gasteiger partial charge on any atom is -0.351 e. The number of hydrogen-bond donors (Lipinski definition) is 2. The van der Waals surface area contributed by atoms with Crippen LogP contribution in [0.1, 0.15) is 30.3 Å². The SMILES string of the molecule is CCCN(C(=O)c1ccc(-c2ccccc2)[nH]1)C1CCNC1.Cl. The summed E-state index contributed by atoms with van der Waals surface area (Å²) in [4.78, 5) is 18.1. The molecule has 0 bridgehead atoms. The van der Waals surface area contributed by atoms with Crippen LogP contribution in [0.5, 0.6) is 0 Å². The molecule has 1 unspecified atom stereocenters. The van der Waals surface area contributed by atoms with E-state index in [0.717, 1.165) is 43.7 Å². The average Bonchev–Trinajstić information content (AvgIpc) is 3.24. The highest BCUT2D eigenvalue weighted by atomic mass is 35.5. The van der Waals surface area contributed by atoms with Gasteiger partial charge >= 0.3 is 0 Å². The molecule has 1 fully saturated rings. The topological polar surface area (TPSA) is 48.1 Å². The van der Waals surface area contributed by atoms with Crippen molar-refractivity contribution in [3.8, 4) is 11.3 Å². The molecule has 2 heterocycles. The van der Waals surface area contributed by atoms with Crippen molar-refractivity contribution in [2.24, 2.45) is 0 Å². The van der Waals surface area contributed by atoms with E-state index in [9.17, 15) is 4.79 Å². The van der Waals surface area contributed by atoms with E-state index in [1.807, 2.05) is 47.4 Å². The number of carbonyl (C=O) groups excluding carboxylic acids is 1. The zero-order valence-electron chi connectivity index (χ0n) is 13.4. The Kier molecular flexibility index (Phi) is 6.25. The van der Waals surface area contributed by atoms with Gasteiger partial charge in [0.1, 0.15) is 5.69 Å². The van der Waals surface area contributed by atoms with Crippen molar-refractivity contribution in [3.05, 3.63) is 48.2 Å². The first-order chi connectivity index (χ1) is 10.8. The molecule has 2 N–H and O–H groups in total. The van der Waals surface area contributed by atoms with Gasteiger partial charge in [0.05, 0.1) is 0 Å². The summed E-state index contributed by atoms with van der Waals surface area (Å²) in [5.74, 6) is 0.109. The lowest BCUT2D eigenvalue weighted by Crippen LogP contribution is -2.42. The zero-order valence-corrected chi connectivity index (χ0v) is 14.2. The van der Waals surface area contributed by atoms with Crippen molar-refractivity contribution in [1.29, 1.82) is 0 Å². The van der Waals surface area contributed by atoms with Gasteiger partial charge in [-0.1, -0.05) is 37.3 Å². The summed E-state index contributed by atoms with van der Waals surface area (Å²) >= 11 is 0. The summed E-state index contributed by atoms with van der Waals surface area (Å²) in [5, 5.41) is 3.34. The molecule has 1 atom stereocenters. The van der Waals surface area contributed by atoms with Gasteiger partial charge < -0.3 is 15.2 Å². The van der Waals surface area contributed by atoms with Crippen LogP contribution in [0.3, 0.4) is 0 Å². The number of halogens is 1. The molecule has 5 heteroatoms. The quantitative estimate of drug-likeness (QED) is 0.881. The van der Waals surface area contributed by atoms with Gasteiger partial charge in [-0.25, -0.2) is 0 Å². The van der Waals surface area contributed by atoms with Crippen LogP contribution in [-0.2, 0) is 0 Å². The van der Waals surface area contributed by atoms with Crippen LogP contribution < -0.4 is 5.32 Å². The summed E-state index contributed by atoms with van der Waals surface area (Å²) in [7, 11) is 0. The van der Waals surface area contributed by atoms with E-state index in [-0.39, 0.29) is 18.3 Å². The fraction of sp³-hybridized carbons (Fsp3) is 0.389. The molecule has 0 radical (unpaired) electrons. The molecule has 0 aliphatic carbocycles. The number of nitrogens with one attached hydrogen (secondary N) is 2. The van der Waals surface area contributed by atoms with Crippen molar-refractivity contribution in [2.45, 2.75) is 25.8 Å². The van der Waals surface area contributed by atoms with E-state index in [0.29, 0.717) is 11.7 Å². The Hall–Kier alpha value is -1.78. The molecule has 1 aromatic carbocycles. The molecule has 0 saturated carbocycles. The zero-order chi connectivity index (χ0) is 15.4. The monoisotopic (exact) mass is 333 g/mol. The molecule has 0 spiro atoms. The normalized spacial score (nSPS) is 16.8. The van der Waals surface area contributed by atoms with Crippen LogP contribution in [0.4, 0.5) is 0 Å². The first kappa shape index (κ1) is 17.6. The first-order valence-corrected chi connectivity index (χ1v) is 8.05. The molecular formula is C18H24ClN3O. The van der Waals surface area contributed by atoms with Gasteiger partial charge in [0.2, 0.25) is 0 Å². The Labute approximate surface area is 143 Å². The lowest BCUT2D eigenvalue weighted by atomic mass is 10.2. The van der Waals surface area contributed by atoms with Gasteiger partial charge in [0, 0.05) is 24.8 Å². The van der Waals surface area contributed by atoms with Gasteiger partial charge in [-0.05, 0) is 37.1 Å². The lowest BCUT2D eigenvalue weighted by molar-refractivity contribution is 0.0687. The minimum absolute atomic E-state index is 0. The lowest BCUT2D eigenvalue weighted by Gasteiger charge is -2.27. The van der Waals surface area contributed by atoms with E-state index >= 15 is 0 Å². The Balaban J connectivity index is 0.00000192. The number of benzene rings is 1. The van der Waals surface area contributed by atoms with Crippen LogP contribution in [-0.4, -0.2) is 41.5 Å². The largest absolute Gasteiger partial charge is 0.351 e. The molecule has 1 aromatic heterocycles. The van der Waals surface area contributed by atoms with Gasteiger partial charge in [0.25, 0.3) is 5.91 Å². The predicted molar refractivity (Wildman–Crippen MR) is 96.1 cm³/mol. The molecular weight excluding hydrogens is 310 g/mol. The minimum atomic E-state index is 0. The third-order valence-electron chi connectivity index (χ3n) is 4.20. The van der Waals surface area contributed by atoms with Crippen LogP contribution in [0, 0.1) is 0 Å². The maximum atomic E-state index is 12.8. The van der Waals surface area contributed by atoms with Crippen LogP contribution >= 0.6 is 12.4 Å². The van der Waals surface area contributed by atoms with Gasteiger partial charge in [-0.3, -0.25) is 4.79 Å². The summed E-state index contributed by atoms with van der Waals surface area (Å²) in [6.45, 7) is 4.83. The number of aromatic amines is 1. The molecule has 1 aliphatic heterocycles. The molecule has 3 rings (SSSR count). The second-order valence-corrected chi connectivity index (χ2v) is 5.80. The van der Waals surface area contributed by atoms with Crippen molar-refractivity contribution in [1.82, 2.24) is 15.2 Å². The highest BCUT2D eigenvalue weighted by molar-refractivity contribution is 5.93. The summed E-state index contributed by atoms with van der Waals surface area (Å²) in [6.07, 6.45) is 2.02. The highest BCUT2D eigenvalue weighted by Crippen LogP contribution is 2.20. The van der Waals surface area contributed by atoms with E-state index in [4.69, 9.17) is 0 Å². The average molecular weight is 334 g/mol. The Morgan fingerprint density at radius 1 is 1.22 bits per heavy atom. The summed E-state index contributed by atoms with van der Waals surface area (Å²) in [5.41, 5.74) is 2.77. The van der Waals surface area contributed by atoms with Gasteiger partial charge in [0.15, 0.2) is 0 Å². The molecule has 2 aromatic rings. The second kappa shape index (κ2) is 8.18. The number of H-pyrrole nitrogens is 1. The number of rotatable bonds is 5. The molecule has 1 aliphatic rings. The maximum Gasteiger partial charge on any atom is 0.270 e. The smallest absolute Gasteiger partial charge is 0.270 e. The Bertz CT molecular complexity index is 620. The van der Waals surface area contributed by atoms with Crippen molar-refractivity contribution >= 4 is 18.3 Å². The van der Waals surface area contributed by atoms with E-state index in [1.54, 1.807) is 0 Å². The molecule has 1 amide bonds. The Morgan fingerprint density at radius 2 is 2.00 bits per heavy atom. The maximum absolute atomic E-state index is 12.8. The summed E-state index contributed by atoms with van der Waals surface area (Å²) < 4.78 is 0. The predicted octanol–water partition coefficient (Wildman–Crippen LogP) is 3.32. The highest BCUT2D eigenvalue weighted by Gasteiger charge is 2.27. The first-order valence-electron chi connectivity index (χ1n) is 8.05. The summed E-state index contributed by atoms with van der Waals surface area (Å²) in [6, 6.07) is 14.3. The Morgan fingerprint density at radius 3 is 2.65 bits per heavy atom. The van der Waals surface area contributed by atoms with Gasteiger partial charge in [-0.15, -0.1) is 12.4 Å². The molecule has 124 valence electrons. The fourth-order valence-corrected chi connectivity index (χ4v) is 3.06. The number of amides is 1. The molecule has 1 saturated heterocycles. The number of carbonyl (C=O) groups is 1. The fourth-order valence-electron chi connectivity index (χ4n) is 3.06. The molecule has 4 nitrogen and oxygen atoms in total. The van der Waals surface area contributed by atoms with E-state index in [1.165, 1.54) is 0 Å².